The molecule has 2 heterocycles. The van der Waals surface area contributed by atoms with Crippen LogP contribution >= 0.6 is 0 Å². The lowest BCUT2D eigenvalue weighted by atomic mass is 10.1. The van der Waals surface area contributed by atoms with Crippen LogP contribution in [0.1, 0.15) is 23.2 Å². The molecular formula is C16H14N4O5. The second-order valence-electron chi connectivity index (χ2n) is 5.46. The van der Waals surface area contributed by atoms with E-state index in [4.69, 9.17) is 5.11 Å². The van der Waals surface area contributed by atoms with Crippen molar-refractivity contribution in [2.45, 2.75) is 18.9 Å². The number of nitrogens with zero attached hydrogens (tertiary/aromatic N) is 2. The summed E-state index contributed by atoms with van der Waals surface area (Å²) in [6.07, 6.45) is 1.83. The van der Waals surface area contributed by atoms with Crippen LogP contribution in [0.15, 0.2) is 30.5 Å². The monoisotopic (exact) mass is 342 g/mol. The van der Waals surface area contributed by atoms with Gasteiger partial charge >= 0.3 is 5.97 Å². The third-order valence-corrected chi connectivity index (χ3v) is 3.72. The fourth-order valence-corrected chi connectivity index (χ4v) is 2.41. The maximum Gasteiger partial charge on any atom is 0.342 e. The molecule has 9 heteroatoms. The number of rotatable bonds is 4. The predicted molar refractivity (Wildman–Crippen MR) is 85.9 cm³/mol. The summed E-state index contributed by atoms with van der Waals surface area (Å²) in [5.41, 5.74) is 0.687. The van der Waals surface area contributed by atoms with Gasteiger partial charge < -0.3 is 20.8 Å². The van der Waals surface area contributed by atoms with E-state index in [1.807, 2.05) is 0 Å². The van der Waals surface area contributed by atoms with Crippen molar-refractivity contribution in [2.75, 3.05) is 5.32 Å². The topological polar surface area (TPSA) is 142 Å². The van der Waals surface area contributed by atoms with E-state index in [1.54, 1.807) is 24.3 Å². The van der Waals surface area contributed by atoms with Gasteiger partial charge in [-0.15, -0.1) is 0 Å². The molecule has 1 aliphatic heterocycles. The van der Waals surface area contributed by atoms with E-state index in [1.165, 1.54) is 0 Å². The number of carbonyl (C=O) groups excluding carboxylic acids is 2. The second kappa shape index (κ2) is 6.56. The smallest absolute Gasteiger partial charge is 0.342 e. The number of hydrogen-bond acceptors (Lipinski definition) is 6. The van der Waals surface area contributed by atoms with E-state index in [0.717, 1.165) is 6.20 Å². The highest BCUT2D eigenvalue weighted by Crippen LogP contribution is 2.22. The van der Waals surface area contributed by atoms with Crippen molar-refractivity contribution in [3.05, 3.63) is 36.0 Å². The van der Waals surface area contributed by atoms with E-state index in [9.17, 15) is 19.5 Å². The SMILES string of the molecule is O=C1CCC(C(=O)Nc2ccc(-c3ncc(C(=O)O)c(O)n3)cc2)N1. The molecule has 1 atom stereocenters. The Bertz CT molecular complexity index is 850. The van der Waals surface area contributed by atoms with Gasteiger partial charge in [-0.25, -0.2) is 9.78 Å². The molecule has 0 saturated carbocycles. The molecule has 3 rings (SSSR count). The maximum atomic E-state index is 12.0. The minimum absolute atomic E-state index is 0.141. The van der Waals surface area contributed by atoms with E-state index in [-0.39, 0.29) is 23.2 Å². The van der Waals surface area contributed by atoms with Crippen molar-refractivity contribution in [3.8, 4) is 17.3 Å². The van der Waals surface area contributed by atoms with Crippen molar-refractivity contribution in [3.63, 3.8) is 0 Å². The molecule has 1 fully saturated rings. The lowest BCUT2D eigenvalue weighted by Gasteiger charge is -2.11. The van der Waals surface area contributed by atoms with Crippen molar-refractivity contribution in [1.29, 1.82) is 0 Å². The summed E-state index contributed by atoms with van der Waals surface area (Å²) in [5.74, 6) is -2.22. The number of benzene rings is 1. The average molecular weight is 342 g/mol. The number of nitrogens with one attached hydrogen (secondary N) is 2. The highest BCUT2D eigenvalue weighted by atomic mass is 16.4. The standard InChI is InChI=1S/C16H14N4O5/c21-12-6-5-11(19-12)15(23)18-9-3-1-8(2-4-9)13-17-7-10(16(24)25)14(22)20-13/h1-4,7,11H,5-6H2,(H,18,23)(H,19,21)(H,24,25)(H,17,20,22). The molecule has 2 aromatic rings. The van der Waals surface area contributed by atoms with Crippen molar-refractivity contribution < 1.29 is 24.6 Å². The second-order valence-corrected chi connectivity index (χ2v) is 5.46. The van der Waals surface area contributed by atoms with Crippen LogP contribution in [-0.4, -0.2) is 44.0 Å². The fourth-order valence-electron chi connectivity index (χ4n) is 2.41. The van der Waals surface area contributed by atoms with Crippen LogP contribution in [0, 0.1) is 0 Å². The summed E-state index contributed by atoms with van der Waals surface area (Å²) < 4.78 is 0. The van der Waals surface area contributed by atoms with Crippen LogP contribution in [0.25, 0.3) is 11.4 Å². The average Bonchev–Trinajstić information content (AvgIpc) is 3.02. The van der Waals surface area contributed by atoms with Crippen molar-refractivity contribution in [1.82, 2.24) is 15.3 Å². The third-order valence-electron chi connectivity index (χ3n) is 3.72. The van der Waals surface area contributed by atoms with E-state index >= 15 is 0 Å². The molecule has 4 N–H and O–H groups in total. The molecular weight excluding hydrogens is 328 g/mol. The van der Waals surface area contributed by atoms with Crippen molar-refractivity contribution >= 4 is 23.5 Å². The zero-order chi connectivity index (χ0) is 18.0. The van der Waals surface area contributed by atoms with Gasteiger partial charge in [-0.2, -0.15) is 4.98 Å². The molecule has 0 spiro atoms. The van der Waals surface area contributed by atoms with E-state index in [0.29, 0.717) is 24.1 Å². The van der Waals surface area contributed by atoms with Gasteiger partial charge in [0.15, 0.2) is 5.82 Å². The molecule has 1 aromatic carbocycles. The highest BCUT2D eigenvalue weighted by Gasteiger charge is 2.27. The lowest BCUT2D eigenvalue weighted by Crippen LogP contribution is -2.37. The Labute approximate surface area is 141 Å². The maximum absolute atomic E-state index is 12.0. The Morgan fingerprint density at radius 2 is 1.96 bits per heavy atom. The van der Waals surface area contributed by atoms with Crippen LogP contribution in [0.5, 0.6) is 5.88 Å². The fraction of sp³-hybridized carbons (Fsp3) is 0.188. The predicted octanol–water partition coefficient (Wildman–Crippen LogP) is 0.764. The Morgan fingerprint density at radius 1 is 1.24 bits per heavy atom. The van der Waals surface area contributed by atoms with E-state index in [2.05, 4.69) is 20.6 Å². The Balaban J connectivity index is 1.72. The first-order valence-electron chi connectivity index (χ1n) is 7.44. The zero-order valence-electron chi connectivity index (χ0n) is 12.9. The molecule has 1 saturated heterocycles. The first-order valence-corrected chi connectivity index (χ1v) is 7.44. The largest absolute Gasteiger partial charge is 0.493 e. The number of carboxylic acids is 1. The number of hydrogen-bond donors (Lipinski definition) is 4. The Morgan fingerprint density at radius 3 is 2.52 bits per heavy atom. The number of aromatic nitrogens is 2. The summed E-state index contributed by atoms with van der Waals surface area (Å²) in [6.45, 7) is 0. The van der Waals surface area contributed by atoms with Crippen LogP contribution in [0.2, 0.25) is 0 Å². The number of carbonyl (C=O) groups is 3. The number of aromatic hydroxyl groups is 1. The Kier molecular flexibility index (Phi) is 4.29. The molecule has 0 radical (unpaired) electrons. The summed E-state index contributed by atoms with van der Waals surface area (Å²) in [7, 11) is 0. The zero-order valence-corrected chi connectivity index (χ0v) is 12.9. The van der Waals surface area contributed by atoms with Gasteiger partial charge in [0, 0.05) is 23.9 Å². The molecule has 1 unspecified atom stereocenters. The van der Waals surface area contributed by atoms with Gasteiger partial charge in [-0.05, 0) is 30.7 Å². The molecule has 2 amide bonds. The molecule has 9 nitrogen and oxygen atoms in total. The summed E-state index contributed by atoms with van der Waals surface area (Å²) in [4.78, 5) is 41.7. The third kappa shape index (κ3) is 3.55. The first kappa shape index (κ1) is 16.4. The van der Waals surface area contributed by atoms with Crippen LogP contribution in [0.4, 0.5) is 5.69 Å². The van der Waals surface area contributed by atoms with Crippen LogP contribution in [0.3, 0.4) is 0 Å². The van der Waals surface area contributed by atoms with E-state index < -0.39 is 17.9 Å². The van der Waals surface area contributed by atoms with Gasteiger partial charge in [-0.3, -0.25) is 9.59 Å². The normalized spacial score (nSPS) is 16.3. The first-order chi connectivity index (χ1) is 11.9. The minimum atomic E-state index is -1.32. The van der Waals surface area contributed by atoms with Crippen LogP contribution in [-0.2, 0) is 9.59 Å². The molecule has 0 aliphatic carbocycles. The summed E-state index contributed by atoms with van der Waals surface area (Å²) >= 11 is 0. The number of amides is 2. The number of aromatic carboxylic acids is 1. The summed E-state index contributed by atoms with van der Waals surface area (Å²) in [5, 5.41) is 23.7. The van der Waals surface area contributed by atoms with Gasteiger partial charge in [0.2, 0.25) is 17.7 Å². The van der Waals surface area contributed by atoms with Crippen LogP contribution < -0.4 is 10.6 Å². The molecule has 128 valence electrons. The van der Waals surface area contributed by atoms with Crippen molar-refractivity contribution in [2.24, 2.45) is 0 Å². The van der Waals surface area contributed by atoms with Gasteiger partial charge in [0.05, 0.1) is 0 Å². The Hall–Kier alpha value is -3.49. The van der Waals surface area contributed by atoms with Gasteiger partial charge in [0.1, 0.15) is 11.6 Å². The molecule has 0 bridgehead atoms. The molecule has 1 aromatic heterocycles. The quantitative estimate of drug-likeness (QED) is 0.643. The van der Waals surface area contributed by atoms with Gasteiger partial charge in [-0.1, -0.05) is 0 Å². The van der Waals surface area contributed by atoms with Gasteiger partial charge in [0.25, 0.3) is 0 Å². The highest BCUT2D eigenvalue weighted by molar-refractivity contribution is 5.99. The minimum Gasteiger partial charge on any atom is -0.493 e. The molecule has 1 aliphatic rings. The number of anilines is 1. The molecule has 25 heavy (non-hydrogen) atoms. The lowest BCUT2D eigenvalue weighted by molar-refractivity contribution is -0.122. The number of carboxylic acid groups (broad SMARTS) is 1. The summed E-state index contributed by atoms with van der Waals surface area (Å²) in [6, 6.07) is 5.96.